The first-order valence-electron chi connectivity index (χ1n) is 17.1. The second kappa shape index (κ2) is 32.0. The lowest BCUT2D eigenvalue weighted by molar-refractivity contribution is -0.124. The number of ketones is 1. The number of unbranched alkanes of at least 4 members (excludes halogenated alkanes) is 23. The molecule has 38 heavy (non-hydrogen) atoms. The van der Waals surface area contributed by atoms with Gasteiger partial charge in [-0.2, -0.15) is 0 Å². The predicted octanol–water partition coefficient (Wildman–Crippen LogP) is 12.1. The summed E-state index contributed by atoms with van der Waals surface area (Å²) in [5.41, 5.74) is 0. The Morgan fingerprint density at radius 2 is 0.816 bits per heavy atom. The molecular formula is C36H66O2. The molecule has 0 bridgehead atoms. The fourth-order valence-corrected chi connectivity index (χ4v) is 5.14. The fourth-order valence-electron chi connectivity index (χ4n) is 5.14. The van der Waals surface area contributed by atoms with Gasteiger partial charge in [0, 0.05) is 0 Å². The molecule has 0 aromatic heterocycles. The molecule has 0 radical (unpaired) electrons. The van der Waals surface area contributed by atoms with Gasteiger partial charge in [-0.1, -0.05) is 160 Å². The first-order valence-corrected chi connectivity index (χ1v) is 17.1. The van der Waals surface area contributed by atoms with Gasteiger partial charge in [-0.3, -0.25) is 4.79 Å². The number of hydrogen-bond donors (Lipinski definition) is 0. The van der Waals surface area contributed by atoms with Crippen LogP contribution in [0.2, 0.25) is 0 Å². The van der Waals surface area contributed by atoms with E-state index in [0.29, 0.717) is 6.42 Å². The Labute approximate surface area is 238 Å². The minimum Gasteiger partial charge on any atom is -0.303 e. The highest BCUT2D eigenvalue weighted by molar-refractivity contribution is 6.00. The SMILES string of the molecule is CCCCCC/C=C/CCCCCCCCC(C=O)C(=O)C=CCCCCCCCCCCCCCCC. The van der Waals surface area contributed by atoms with E-state index in [9.17, 15) is 9.59 Å². The van der Waals surface area contributed by atoms with Crippen LogP contribution in [0.5, 0.6) is 0 Å². The van der Waals surface area contributed by atoms with Crippen molar-refractivity contribution >= 4 is 12.1 Å². The molecule has 0 saturated heterocycles. The molecule has 2 heteroatoms. The Morgan fingerprint density at radius 1 is 0.474 bits per heavy atom. The minimum absolute atomic E-state index is 0.0103. The molecule has 0 rings (SSSR count). The molecule has 0 aliphatic heterocycles. The maximum Gasteiger partial charge on any atom is 0.165 e. The summed E-state index contributed by atoms with van der Waals surface area (Å²) in [5.74, 6) is -0.420. The van der Waals surface area contributed by atoms with Crippen LogP contribution in [0.15, 0.2) is 24.3 Å². The normalized spacial score (nSPS) is 12.6. The lowest BCUT2D eigenvalue weighted by atomic mass is 9.96. The Balaban J connectivity index is 3.53. The molecule has 2 nitrogen and oxygen atoms in total. The van der Waals surface area contributed by atoms with Crippen molar-refractivity contribution in [2.45, 2.75) is 187 Å². The largest absolute Gasteiger partial charge is 0.303 e. The number of aldehydes is 1. The van der Waals surface area contributed by atoms with Crippen LogP contribution >= 0.6 is 0 Å². The van der Waals surface area contributed by atoms with E-state index >= 15 is 0 Å². The molecule has 0 aromatic rings. The molecule has 0 heterocycles. The third-order valence-electron chi connectivity index (χ3n) is 7.81. The van der Waals surface area contributed by atoms with E-state index in [2.05, 4.69) is 26.0 Å². The molecule has 0 N–H and O–H groups in total. The summed E-state index contributed by atoms with van der Waals surface area (Å²) in [6.45, 7) is 4.54. The lowest BCUT2D eigenvalue weighted by Crippen LogP contribution is -2.13. The number of allylic oxidation sites excluding steroid dienone is 4. The average Bonchev–Trinajstić information content (AvgIpc) is 2.93. The van der Waals surface area contributed by atoms with Gasteiger partial charge in [0.15, 0.2) is 5.78 Å². The maximum atomic E-state index is 12.3. The highest BCUT2D eigenvalue weighted by atomic mass is 16.1. The van der Waals surface area contributed by atoms with Gasteiger partial charge in [0.1, 0.15) is 6.29 Å². The molecule has 222 valence electrons. The van der Waals surface area contributed by atoms with Crippen LogP contribution in [0.25, 0.3) is 0 Å². The first kappa shape index (κ1) is 36.8. The van der Waals surface area contributed by atoms with Crippen molar-refractivity contribution in [2.75, 3.05) is 0 Å². The van der Waals surface area contributed by atoms with Crippen LogP contribution in [0.4, 0.5) is 0 Å². The molecule has 0 aromatic carbocycles. The van der Waals surface area contributed by atoms with Gasteiger partial charge in [-0.25, -0.2) is 0 Å². The monoisotopic (exact) mass is 531 g/mol. The molecule has 0 aliphatic rings. The van der Waals surface area contributed by atoms with E-state index in [1.807, 2.05) is 6.08 Å². The Hall–Kier alpha value is -1.18. The van der Waals surface area contributed by atoms with E-state index in [1.165, 1.54) is 141 Å². The van der Waals surface area contributed by atoms with E-state index in [4.69, 9.17) is 0 Å². The summed E-state index contributed by atoms with van der Waals surface area (Å²) >= 11 is 0. The van der Waals surface area contributed by atoms with Crippen molar-refractivity contribution in [3.05, 3.63) is 24.3 Å². The summed E-state index contributed by atoms with van der Waals surface area (Å²) < 4.78 is 0. The van der Waals surface area contributed by atoms with Crippen molar-refractivity contribution < 1.29 is 9.59 Å². The van der Waals surface area contributed by atoms with E-state index in [1.54, 1.807) is 6.08 Å². The summed E-state index contributed by atoms with van der Waals surface area (Å²) in [6.07, 6.45) is 43.6. The van der Waals surface area contributed by atoms with Gasteiger partial charge >= 0.3 is 0 Å². The van der Waals surface area contributed by atoms with Crippen molar-refractivity contribution in [2.24, 2.45) is 5.92 Å². The van der Waals surface area contributed by atoms with Crippen LogP contribution < -0.4 is 0 Å². The molecule has 0 saturated carbocycles. The minimum atomic E-state index is -0.430. The van der Waals surface area contributed by atoms with Gasteiger partial charge in [0.25, 0.3) is 0 Å². The smallest absolute Gasteiger partial charge is 0.165 e. The van der Waals surface area contributed by atoms with E-state index < -0.39 is 5.92 Å². The summed E-state index contributed by atoms with van der Waals surface area (Å²) in [7, 11) is 0. The van der Waals surface area contributed by atoms with Crippen LogP contribution in [0.1, 0.15) is 187 Å². The Kier molecular flexibility index (Phi) is 31.0. The van der Waals surface area contributed by atoms with Crippen LogP contribution in [-0.2, 0) is 9.59 Å². The van der Waals surface area contributed by atoms with E-state index in [0.717, 1.165) is 32.0 Å². The van der Waals surface area contributed by atoms with Crippen LogP contribution in [0, 0.1) is 5.92 Å². The first-order chi connectivity index (χ1) is 18.8. The van der Waals surface area contributed by atoms with Gasteiger partial charge in [0.05, 0.1) is 5.92 Å². The summed E-state index contributed by atoms with van der Waals surface area (Å²) in [4.78, 5) is 23.8. The standard InChI is InChI=1S/C36H66O2/c1-3-5-7-9-11-13-15-17-19-21-23-25-27-29-31-33-36(38)35(34-37)32-30-28-26-24-22-20-18-16-14-12-10-8-6-4-2/h14,16,31,33-35H,3-13,15,17-30,32H2,1-2H3/b16-14+,33-31?. The molecule has 1 atom stereocenters. The average molecular weight is 531 g/mol. The second-order valence-electron chi connectivity index (χ2n) is 11.6. The van der Waals surface area contributed by atoms with Crippen LogP contribution in [0.3, 0.4) is 0 Å². The molecule has 0 aliphatic carbocycles. The van der Waals surface area contributed by atoms with E-state index in [-0.39, 0.29) is 5.78 Å². The molecule has 0 amide bonds. The van der Waals surface area contributed by atoms with Gasteiger partial charge in [-0.15, -0.1) is 0 Å². The van der Waals surface area contributed by atoms with Gasteiger partial charge in [0.2, 0.25) is 0 Å². The van der Waals surface area contributed by atoms with Crippen molar-refractivity contribution in [3.63, 3.8) is 0 Å². The summed E-state index contributed by atoms with van der Waals surface area (Å²) in [6, 6.07) is 0. The summed E-state index contributed by atoms with van der Waals surface area (Å²) in [5, 5.41) is 0. The molecule has 0 fully saturated rings. The topological polar surface area (TPSA) is 34.1 Å². The highest BCUT2D eigenvalue weighted by Crippen LogP contribution is 2.15. The molecular weight excluding hydrogens is 464 g/mol. The molecule has 1 unspecified atom stereocenters. The van der Waals surface area contributed by atoms with Crippen molar-refractivity contribution in [1.82, 2.24) is 0 Å². The van der Waals surface area contributed by atoms with Crippen molar-refractivity contribution in [3.8, 4) is 0 Å². The molecule has 0 spiro atoms. The lowest BCUT2D eigenvalue weighted by Gasteiger charge is -2.06. The predicted molar refractivity (Wildman–Crippen MR) is 169 cm³/mol. The van der Waals surface area contributed by atoms with Crippen molar-refractivity contribution in [1.29, 1.82) is 0 Å². The van der Waals surface area contributed by atoms with Gasteiger partial charge in [-0.05, 0) is 51.0 Å². The third kappa shape index (κ3) is 27.8. The second-order valence-corrected chi connectivity index (χ2v) is 11.6. The Morgan fingerprint density at radius 3 is 1.24 bits per heavy atom. The maximum absolute atomic E-state index is 12.3. The highest BCUT2D eigenvalue weighted by Gasteiger charge is 2.14. The number of rotatable bonds is 31. The zero-order valence-electron chi connectivity index (χ0n) is 25.9. The number of carbonyl (C=O) groups is 2. The zero-order valence-corrected chi connectivity index (χ0v) is 25.9. The Bertz CT molecular complexity index is 548. The quantitative estimate of drug-likeness (QED) is 0.0293. The number of hydrogen-bond acceptors (Lipinski definition) is 2. The van der Waals surface area contributed by atoms with Gasteiger partial charge < -0.3 is 4.79 Å². The zero-order chi connectivity index (χ0) is 27.8. The number of carbonyl (C=O) groups excluding carboxylic acids is 2. The third-order valence-corrected chi connectivity index (χ3v) is 7.81. The van der Waals surface area contributed by atoms with Crippen LogP contribution in [-0.4, -0.2) is 12.1 Å². The fraction of sp³-hybridized carbons (Fsp3) is 0.833.